The summed E-state index contributed by atoms with van der Waals surface area (Å²) in [5.74, 6) is 0.808. The minimum absolute atomic E-state index is 0.494. The van der Waals surface area contributed by atoms with Gasteiger partial charge in [0.15, 0.2) is 0 Å². The van der Waals surface area contributed by atoms with E-state index in [1.54, 1.807) is 0 Å². The molecule has 1 aliphatic carbocycles. The minimum Gasteiger partial charge on any atom is -0.390 e. The van der Waals surface area contributed by atoms with Gasteiger partial charge in [0.1, 0.15) is 0 Å². The van der Waals surface area contributed by atoms with Crippen LogP contribution < -0.4 is 0 Å². The van der Waals surface area contributed by atoms with Gasteiger partial charge in [-0.05, 0) is 25.2 Å². The predicted molar refractivity (Wildman–Crippen MR) is 62.7 cm³/mol. The summed E-state index contributed by atoms with van der Waals surface area (Å²) in [6.45, 7) is 2.04. The summed E-state index contributed by atoms with van der Waals surface area (Å²) in [6.07, 6.45) is 9.33. The fourth-order valence-corrected chi connectivity index (χ4v) is 2.56. The molecule has 0 saturated heterocycles. The first-order chi connectivity index (χ1) is 7.24. The lowest BCUT2D eigenvalue weighted by Crippen LogP contribution is -2.26. The Labute approximate surface area is 93.7 Å². The Kier molecular flexibility index (Phi) is 6.26. The summed E-state index contributed by atoms with van der Waals surface area (Å²) in [7, 11) is 0. The maximum atomic E-state index is 9.73. The van der Waals surface area contributed by atoms with Gasteiger partial charge < -0.3 is 10.2 Å². The highest BCUT2D eigenvalue weighted by atomic mass is 16.3. The first-order valence-corrected chi connectivity index (χ1v) is 6.60. The summed E-state index contributed by atoms with van der Waals surface area (Å²) in [5.41, 5.74) is 0. The van der Waals surface area contributed by atoms with Gasteiger partial charge in [0.25, 0.3) is 0 Å². The Hall–Kier alpha value is -0.0800. The largest absolute Gasteiger partial charge is 0.390 e. The zero-order valence-electron chi connectivity index (χ0n) is 9.99. The van der Waals surface area contributed by atoms with E-state index in [0.29, 0.717) is 0 Å². The summed E-state index contributed by atoms with van der Waals surface area (Å²) in [5, 5.41) is 19.3. The molecule has 0 aromatic rings. The van der Waals surface area contributed by atoms with E-state index >= 15 is 0 Å². The van der Waals surface area contributed by atoms with Crippen LogP contribution in [0.15, 0.2) is 0 Å². The van der Waals surface area contributed by atoms with Crippen LogP contribution in [0.4, 0.5) is 0 Å². The molecule has 0 aromatic heterocycles. The van der Waals surface area contributed by atoms with E-state index in [1.165, 1.54) is 32.1 Å². The third-order valence-corrected chi connectivity index (χ3v) is 3.62. The average molecular weight is 214 g/mol. The van der Waals surface area contributed by atoms with E-state index in [4.69, 9.17) is 0 Å². The maximum absolute atomic E-state index is 9.73. The van der Waals surface area contributed by atoms with Gasteiger partial charge in [-0.3, -0.25) is 0 Å². The Morgan fingerprint density at radius 2 is 1.60 bits per heavy atom. The van der Waals surface area contributed by atoms with E-state index in [9.17, 15) is 10.2 Å². The van der Waals surface area contributed by atoms with E-state index in [-0.39, 0.29) is 0 Å². The summed E-state index contributed by atoms with van der Waals surface area (Å²) in [6, 6.07) is 0. The van der Waals surface area contributed by atoms with E-state index in [2.05, 4.69) is 0 Å². The molecular weight excluding hydrogens is 188 g/mol. The van der Waals surface area contributed by atoms with Crippen LogP contribution in [0.2, 0.25) is 0 Å². The molecule has 0 heterocycles. The van der Waals surface area contributed by atoms with Crippen molar-refractivity contribution in [3.8, 4) is 0 Å². The SMILES string of the molecule is CCC[C@H](O)[C@H](O)CCC1CCCCC1. The zero-order chi connectivity index (χ0) is 11.1. The van der Waals surface area contributed by atoms with Crippen LogP contribution in [-0.2, 0) is 0 Å². The second kappa shape index (κ2) is 7.24. The molecule has 15 heavy (non-hydrogen) atoms. The van der Waals surface area contributed by atoms with Crippen molar-refractivity contribution in [3.05, 3.63) is 0 Å². The molecule has 0 radical (unpaired) electrons. The van der Waals surface area contributed by atoms with Crippen LogP contribution >= 0.6 is 0 Å². The van der Waals surface area contributed by atoms with Gasteiger partial charge in [0.05, 0.1) is 12.2 Å². The van der Waals surface area contributed by atoms with Gasteiger partial charge in [-0.25, -0.2) is 0 Å². The molecule has 1 aliphatic rings. The van der Waals surface area contributed by atoms with Crippen LogP contribution in [-0.4, -0.2) is 22.4 Å². The fraction of sp³-hybridized carbons (Fsp3) is 1.00. The van der Waals surface area contributed by atoms with Crippen LogP contribution in [0, 0.1) is 5.92 Å². The van der Waals surface area contributed by atoms with Gasteiger partial charge in [-0.1, -0.05) is 45.4 Å². The third kappa shape index (κ3) is 4.98. The van der Waals surface area contributed by atoms with Gasteiger partial charge in [0, 0.05) is 0 Å². The van der Waals surface area contributed by atoms with Gasteiger partial charge in [-0.2, -0.15) is 0 Å². The summed E-state index contributed by atoms with van der Waals surface area (Å²) in [4.78, 5) is 0. The summed E-state index contributed by atoms with van der Waals surface area (Å²) >= 11 is 0. The molecule has 2 nitrogen and oxygen atoms in total. The van der Waals surface area contributed by atoms with Crippen molar-refractivity contribution in [1.82, 2.24) is 0 Å². The lowest BCUT2D eigenvalue weighted by atomic mass is 9.85. The lowest BCUT2D eigenvalue weighted by Gasteiger charge is -2.24. The first-order valence-electron chi connectivity index (χ1n) is 6.60. The van der Waals surface area contributed by atoms with E-state index < -0.39 is 12.2 Å². The molecule has 1 rings (SSSR count). The maximum Gasteiger partial charge on any atom is 0.0799 e. The number of aliphatic hydroxyl groups is 2. The molecule has 0 amide bonds. The van der Waals surface area contributed by atoms with Crippen molar-refractivity contribution in [3.63, 3.8) is 0 Å². The summed E-state index contributed by atoms with van der Waals surface area (Å²) < 4.78 is 0. The molecule has 2 atom stereocenters. The van der Waals surface area contributed by atoms with Crippen molar-refractivity contribution < 1.29 is 10.2 Å². The van der Waals surface area contributed by atoms with Crippen molar-refractivity contribution in [2.24, 2.45) is 5.92 Å². The Bertz CT molecular complexity index is 153. The lowest BCUT2D eigenvalue weighted by molar-refractivity contribution is 0.00527. The number of rotatable bonds is 6. The van der Waals surface area contributed by atoms with Crippen molar-refractivity contribution in [2.45, 2.75) is 76.9 Å². The van der Waals surface area contributed by atoms with Crippen LogP contribution in [0.25, 0.3) is 0 Å². The van der Waals surface area contributed by atoms with Crippen molar-refractivity contribution in [2.75, 3.05) is 0 Å². The Morgan fingerprint density at radius 3 is 2.20 bits per heavy atom. The van der Waals surface area contributed by atoms with Crippen LogP contribution in [0.1, 0.15) is 64.7 Å². The Morgan fingerprint density at radius 1 is 1.00 bits per heavy atom. The quantitative estimate of drug-likeness (QED) is 0.713. The smallest absolute Gasteiger partial charge is 0.0799 e. The fourth-order valence-electron chi connectivity index (χ4n) is 2.56. The highest BCUT2D eigenvalue weighted by molar-refractivity contribution is 4.71. The molecule has 0 aromatic carbocycles. The highest BCUT2D eigenvalue weighted by Crippen LogP contribution is 2.28. The molecule has 0 bridgehead atoms. The monoisotopic (exact) mass is 214 g/mol. The normalized spacial score (nSPS) is 22.6. The number of hydrogen-bond donors (Lipinski definition) is 2. The minimum atomic E-state index is -0.501. The molecule has 1 fully saturated rings. The van der Waals surface area contributed by atoms with Crippen LogP contribution in [0.3, 0.4) is 0 Å². The molecule has 0 aliphatic heterocycles. The topological polar surface area (TPSA) is 40.5 Å². The highest BCUT2D eigenvalue weighted by Gasteiger charge is 2.19. The Balaban J connectivity index is 2.11. The second-order valence-electron chi connectivity index (χ2n) is 5.00. The zero-order valence-corrected chi connectivity index (χ0v) is 9.99. The van der Waals surface area contributed by atoms with E-state index in [0.717, 1.165) is 31.6 Å². The first kappa shape index (κ1) is 13.0. The van der Waals surface area contributed by atoms with Gasteiger partial charge in [0.2, 0.25) is 0 Å². The molecule has 2 heteroatoms. The number of hydrogen-bond acceptors (Lipinski definition) is 2. The van der Waals surface area contributed by atoms with Crippen molar-refractivity contribution in [1.29, 1.82) is 0 Å². The van der Waals surface area contributed by atoms with Gasteiger partial charge >= 0.3 is 0 Å². The molecule has 90 valence electrons. The molecule has 2 N–H and O–H groups in total. The molecule has 0 spiro atoms. The molecular formula is C13H26O2. The second-order valence-corrected chi connectivity index (χ2v) is 5.00. The van der Waals surface area contributed by atoms with Crippen molar-refractivity contribution >= 4 is 0 Å². The standard InChI is InChI=1S/C13H26O2/c1-2-6-12(14)13(15)10-9-11-7-4-3-5-8-11/h11-15H,2-10H2,1H3/t12-,13+/m0/s1. The third-order valence-electron chi connectivity index (χ3n) is 3.62. The van der Waals surface area contributed by atoms with Gasteiger partial charge in [-0.15, -0.1) is 0 Å². The number of aliphatic hydroxyl groups excluding tert-OH is 2. The van der Waals surface area contributed by atoms with E-state index in [1.807, 2.05) is 6.92 Å². The van der Waals surface area contributed by atoms with Crippen LogP contribution in [0.5, 0.6) is 0 Å². The predicted octanol–water partition coefficient (Wildman–Crippen LogP) is 2.87. The average Bonchev–Trinajstić information content (AvgIpc) is 2.27. The molecule has 1 saturated carbocycles. The molecule has 0 unspecified atom stereocenters.